The maximum atomic E-state index is 3.43. The van der Waals surface area contributed by atoms with Crippen LogP contribution in [0, 0.1) is 23.2 Å². The number of hydrogen-bond acceptors (Lipinski definition) is 1. The van der Waals surface area contributed by atoms with Crippen molar-refractivity contribution in [1.29, 1.82) is 0 Å². The highest BCUT2D eigenvalue weighted by Gasteiger charge is 2.15. The molecule has 1 unspecified atom stereocenters. The standard InChI is InChI=1S/C17H31N/c1-17(2,3)14-8-11-16(18-4)13-12-15-9-6-5-7-10-15/h15-16,18H,5-7,9-13H2,1-4H3. The molecule has 1 rings (SSSR count). The maximum Gasteiger partial charge on any atom is 0.0243 e. The van der Waals surface area contributed by atoms with Crippen molar-refractivity contribution in [1.82, 2.24) is 5.32 Å². The minimum Gasteiger partial charge on any atom is -0.316 e. The molecule has 0 aliphatic heterocycles. The molecular formula is C17H31N. The molecular weight excluding hydrogens is 218 g/mol. The molecule has 1 fully saturated rings. The summed E-state index contributed by atoms with van der Waals surface area (Å²) >= 11 is 0. The predicted molar refractivity (Wildman–Crippen MR) is 80.5 cm³/mol. The smallest absolute Gasteiger partial charge is 0.0243 e. The lowest BCUT2D eigenvalue weighted by atomic mass is 9.85. The summed E-state index contributed by atoms with van der Waals surface area (Å²) in [4.78, 5) is 0. The van der Waals surface area contributed by atoms with Crippen molar-refractivity contribution in [3.05, 3.63) is 0 Å². The first-order valence-electron chi connectivity index (χ1n) is 7.68. The van der Waals surface area contributed by atoms with Crippen molar-refractivity contribution in [2.24, 2.45) is 11.3 Å². The lowest BCUT2D eigenvalue weighted by Gasteiger charge is -2.23. The fraction of sp³-hybridized carbons (Fsp3) is 0.882. The van der Waals surface area contributed by atoms with Gasteiger partial charge in [0.25, 0.3) is 0 Å². The van der Waals surface area contributed by atoms with E-state index < -0.39 is 0 Å². The Kier molecular flexibility index (Phi) is 6.79. The zero-order chi connectivity index (χ0) is 13.4. The van der Waals surface area contributed by atoms with Crippen molar-refractivity contribution in [2.45, 2.75) is 78.2 Å². The molecule has 0 heterocycles. The molecule has 1 nitrogen and oxygen atoms in total. The molecule has 1 aliphatic carbocycles. The van der Waals surface area contributed by atoms with Gasteiger partial charge in [0.1, 0.15) is 0 Å². The van der Waals surface area contributed by atoms with Crippen molar-refractivity contribution < 1.29 is 0 Å². The molecule has 1 atom stereocenters. The lowest BCUT2D eigenvalue weighted by molar-refractivity contribution is 0.317. The summed E-state index contributed by atoms with van der Waals surface area (Å²) in [5.41, 5.74) is 0.141. The molecule has 1 N–H and O–H groups in total. The molecule has 0 amide bonds. The van der Waals surface area contributed by atoms with Gasteiger partial charge in [0, 0.05) is 17.9 Å². The van der Waals surface area contributed by atoms with E-state index in [0.717, 1.165) is 12.3 Å². The summed E-state index contributed by atoms with van der Waals surface area (Å²) < 4.78 is 0. The second-order valence-corrected chi connectivity index (χ2v) is 6.82. The summed E-state index contributed by atoms with van der Waals surface area (Å²) in [5.74, 6) is 7.68. The van der Waals surface area contributed by atoms with E-state index in [2.05, 4.69) is 45.0 Å². The van der Waals surface area contributed by atoms with Gasteiger partial charge in [-0.05, 0) is 46.6 Å². The Morgan fingerprint density at radius 1 is 1.17 bits per heavy atom. The zero-order valence-corrected chi connectivity index (χ0v) is 12.8. The van der Waals surface area contributed by atoms with Crippen LogP contribution in [-0.2, 0) is 0 Å². The van der Waals surface area contributed by atoms with Crippen molar-refractivity contribution in [3.63, 3.8) is 0 Å². The van der Waals surface area contributed by atoms with Crippen molar-refractivity contribution in [3.8, 4) is 11.8 Å². The molecule has 0 spiro atoms. The summed E-state index contributed by atoms with van der Waals surface area (Å²) in [6, 6.07) is 0.585. The van der Waals surface area contributed by atoms with Gasteiger partial charge in [-0.15, -0.1) is 5.92 Å². The van der Waals surface area contributed by atoms with Crippen LogP contribution >= 0.6 is 0 Å². The Morgan fingerprint density at radius 2 is 1.83 bits per heavy atom. The predicted octanol–water partition coefficient (Wildman–Crippen LogP) is 4.37. The van der Waals surface area contributed by atoms with E-state index in [-0.39, 0.29) is 5.41 Å². The van der Waals surface area contributed by atoms with Crippen LogP contribution < -0.4 is 5.32 Å². The highest BCUT2D eigenvalue weighted by atomic mass is 14.9. The van der Waals surface area contributed by atoms with E-state index in [0.29, 0.717) is 6.04 Å². The molecule has 1 saturated carbocycles. The summed E-state index contributed by atoms with van der Waals surface area (Å²) in [5, 5.41) is 3.43. The van der Waals surface area contributed by atoms with Gasteiger partial charge >= 0.3 is 0 Å². The Hall–Kier alpha value is -0.480. The number of hydrogen-bond donors (Lipinski definition) is 1. The molecule has 0 aromatic rings. The van der Waals surface area contributed by atoms with Gasteiger partial charge in [-0.2, -0.15) is 0 Å². The normalized spacial score (nSPS) is 19.1. The molecule has 104 valence electrons. The average Bonchev–Trinajstić information content (AvgIpc) is 2.33. The van der Waals surface area contributed by atoms with Crippen LogP contribution in [0.2, 0.25) is 0 Å². The second kappa shape index (κ2) is 7.85. The molecule has 0 aromatic heterocycles. The maximum absolute atomic E-state index is 3.43. The Morgan fingerprint density at radius 3 is 2.39 bits per heavy atom. The van der Waals surface area contributed by atoms with Crippen LogP contribution in [0.1, 0.15) is 72.1 Å². The topological polar surface area (TPSA) is 12.0 Å². The third-order valence-corrected chi connectivity index (χ3v) is 3.87. The Labute approximate surface area is 114 Å². The van der Waals surface area contributed by atoms with Crippen LogP contribution in [0.15, 0.2) is 0 Å². The monoisotopic (exact) mass is 249 g/mol. The average molecular weight is 249 g/mol. The molecule has 18 heavy (non-hydrogen) atoms. The van der Waals surface area contributed by atoms with Crippen LogP contribution in [0.5, 0.6) is 0 Å². The zero-order valence-electron chi connectivity index (χ0n) is 12.8. The van der Waals surface area contributed by atoms with Gasteiger partial charge in [0.15, 0.2) is 0 Å². The minimum absolute atomic E-state index is 0.141. The number of rotatable bonds is 5. The lowest BCUT2D eigenvalue weighted by Crippen LogP contribution is -2.25. The van der Waals surface area contributed by atoms with Gasteiger partial charge in [-0.3, -0.25) is 0 Å². The van der Waals surface area contributed by atoms with Gasteiger partial charge in [-0.25, -0.2) is 0 Å². The van der Waals surface area contributed by atoms with E-state index in [1.54, 1.807) is 0 Å². The van der Waals surface area contributed by atoms with E-state index >= 15 is 0 Å². The van der Waals surface area contributed by atoms with Crippen molar-refractivity contribution in [2.75, 3.05) is 7.05 Å². The van der Waals surface area contributed by atoms with Crippen molar-refractivity contribution >= 4 is 0 Å². The second-order valence-electron chi connectivity index (χ2n) is 6.82. The van der Waals surface area contributed by atoms with E-state index in [1.165, 1.54) is 44.9 Å². The summed E-state index contributed by atoms with van der Waals surface area (Å²) in [7, 11) is 2.07. The first-order valence-corrected chi connectivity index (χ1v) is 7.68. The molecule has 1 aliphatic rings. The number of nitrogens with one attached hydrogen (secondary N) is 1. The third-order valence-electron chi connectivity index (χ3n) is 3.87. The quantitative estimate of drug-likeness (QED) is 0.713. The van der Waals surface area contributed by atoms with Gasteiger partial charge < -0.3 is 5.32 Å². The summed E-state index contributed by atoms with van der Waals surface area (Å²) in [6.07, 6.45) is 11.0. The highest BCUT2D eigenvalue weighted by molar-refractivity contribution is 5.08. The fourth-order valence-electron chi connectivity index (χ4n) is 2.70. The molecule has 1 heteroatoms. The van der Waals surface area contributed by atoms with Gasteiger partial charge in [0.05, 0.1) is 0 Å². The minimum atomic E-state index is 0.141. The fourth-order valence-corrected chi connectivity index (χ4v) is 2.70. The third kappa shape index (κ3) is 7.07. The van der Waals surface area contributed by atoms with Gasteiger partial charge in [0.2, 0.25) is 0 Å². The Balaban J connectivity index is 2.25. The summed E-state index contributed by atoms with van der Waals surface area (Å²) in [6.45, 7) is 6.53. The molecule has 0 bridgehead atoms. The van der Waals surface area contributed by atoms with Crippen LogP contribution in [0.3, 0.4) is 0 Å². The molecule has 0 radical (unpaired) electrons. The van der Waals surface area contributed by atoms with E-state index in [9.17, 15) is 0 Å². The molecule has 0 aromatic carbocycles. The highest BCUT2D eigenvalue weighted by Crippen LogP contribution is 2.27. The largest absolute Gasteiger partial charge is 0.316 e. The molecule has 0 saturated heterocycles. The first-order chi connectivity index (χ1) is 8.51. The van der Waals surface area contributed by atoms with E-state index in [1.807, 2.05) is 0 Å². The van der Waals surface area contributed by atoms with Gasteiger partial charge in [-0.1, -0.05) is 38.0 Å². The Bertz CT molecular complexity index is 270. The van der Waals surface area contributed by atoms with Crippen LogP contribution in [0.4, 0.5) is 0 Å². The SMILES string of the molecule is CNC(CC#CC(C)(C)C)CCC1CCCCC1. The van der Waals surface area contributed by atoms with E-state index in [4.69, 9.17) is 0 Å². The van der Waals surface area contributed by atoms with Crippen LogP contribution in [-0.4, -0.2) is 13.1 Å². The van der Waals surface area contributed by atoms with Crippen LogP contribution in [0.25, 0.3) is 0 Å². The first kappa shape index (κ1) is 15.6.